The standard InChI is InChI=1S/C18H26N2O3/c1-4-13-6-7-16(9-14(13)5-2)19-18(23)20-10-12(3)8-15(11-20)17(21)22/h6-7,9,12,15H,4-5,8,10-11H2,1-3H3,(H,19,23)(H,21,22). The van der Waals surface area contributed by atoms with E-state index in [4.69, 9.17) is 0 Å². The van der Waals surface area contributed by atoms with E-state index in [0.717, 1.165) is 18.5 Å². The van der Waals surface area contributed by atoms with E-state index in [0.29, 0.717) is 13.0 Å². The van der Waals surface area contributed by atoms with Crippen LogP contribution < -0.4 is 5.32 Å². The number of carboxylic acids is 1. The van der Waals surface area contributed by atoms with E-state index < -0.39 is 11.9 Å². The second kappa shape index (κ2) is 7.49. The number of nitrogens with zero attached hydrogens (tertiary/aromatic N) is 1. The lowest BCUT2D eigenvalue weighted by Gasteiger charge is -2.34. The first-order valence-corrected chi connectivity index (χ1v) is 8.35. The van der Waals surface area contributed by atoms with Gasteiger partial charge >= 0.3 is 12.0 Å². The molecule has 0 bridgehead atoms. The highest BCUT2D eigenvalue weighted by molar-refractivity contribution is 5.90. The third-order valence-electron chi connectivity index (χ3n) is 4.52. The number of carbonyl (C=O) groups is 2. The molecule has 1 aromatic rings. The Kier molecular flexibility index (Phi) is 5.64. The summed E-state index contributed by atoms with van der Waals surface area (Å²) in [4.78, 5) is 25.3. The Bertz CT molecular complexity index is 586. The minimum absolute atomic E-state index is 0.198. The van der Waals surface area contributed by atoms with Crippen molar-refractivity contribution in [2.24, 2.45) is 11.8 Å². The summed E-state index contributed by atoms with van der Waals surface area (Å²) in [6.45, 7) is 7.08. The Hall–Kier alpha value is -2.04. The van der Waals surface area contributed by atoms with E-state index in [1.54, 1.807) is 4.90 Å². The third kappa shape index (κ3) is 4.24. The summed E-state index contributed by atoms with van der Waals surface area (Å²) in [5, 5.41) is 12.1. The lowest BCUT2D eigenvalue weighted by atomic mass is 9.91. The highest BCUT2D eigenvalue weighted by Crippen LogP contribution is 2.23. The van der Waals surface area contributed by atoms with Crippen LogP contribution in [0, 0.1) is 11.8 Å². The number of piperidine rings is 1. The average molecular weight is 318 g/mol. The molecule has 2 amide bonds. The highest BCUT2D eigenvalue weighted by atomic mass is 16.4. The predicted molar refractivity (Wildman–Crippen MR) is 90.7 cm³/mol. The van der Waals surface area contributed by atoms with E-state index >= 15 is 0 Å². The van der Waals surface area contributed by atoms with Gasteiger partial charge in [0, 0.05) is 18.8 Å². The van der Waals surface area contributed by atoms with Crippen LogP contribution in [0.1, 0.15) is 38.3 Å². The van der Waals surface area contributed by atoms with Gasteiger partial charge in [0.2, 0.25) is 0 Å². The van der Waals surface area contributed by atoms with Crippen molar-refractivity contribution in [2.75, 3.05) is 18.4 Å². The van der Waals surface area contributed by atoms with E-state index in [1.165, 1.54) is 11.1 Å². The van der Waals surface area contributed by atoms with Gasteiger partial charge in [-0.25, -0.2) is 4.79 Å². The molecule has 0 radical (unpaired) electrons. The molecular formula is C18H26N2O3. The maximum Gasteiger partial charge on any atom is 0.321 e. The molecule has 126 valence electrons. The molecule has 23 heavy (non-hydrogen) atoms. The van der Waals surface area contributed by atoms with Crippen LogP contribution in [-0.2, 0) is 17.6 Å². The second-order valence-corrected chi connectivity index (χ2v) is 6.40. The third-order valence-corrected chi connectivity index (χ3v) is 4.52. The number of nitrogens with one attached hydrogen (secondary N) is 1. The Balaban J connectivity index is 2.07. The zero-order chi connectivity index (χ0) is 17.0. The highest BCUT2D eigenvalue weighted by Gasteiger charge is 2.31. The van der Waals surface area contributed by atoms with Crippen LogP contribution in [0.25, 0.3) is 0 Å². The van der Waals surface area contributed by atoms with E-state index in [1.807, 2.05) is 25.1 Å². The molecule has 2 rings (SSSR count). The second-order valence-electron chi connectivity index (χ2n) is 6.40. The molecule has 5 heteroatoms. The first-order chi connectivity index (χ1) is 10.9. The number of carbonyl (C=O) groups excluding carboxylic acids is 1. The van der Waals surface area contributed by atoms with Crippen LogP contribution >= 0.6 is 0 Å². The molecule has 1 aliphatic rings. The van der Waals surface area contributed by atoms with Gasteiger partial charge in [-0.2, -0.15) is 0 Å². The van der Waals surface area contributed by atoms with Crippen LogP contribution in [-0.4, -0.2) is 35.1 Å². The van der Waals surface area contributed by atoms with Crippen LogP contribution in [0.15, 0.2) is 18.2 Å². The molecule has 0 saturated carbocycles. The van der Waals surface area contributed by atoms with Crippen molar-refractivity contribution in [3.8, 4) is 0 Å². The van der Waals surface area contributed by atoms with Gasteiger partial charge in [0.15, 0.2) is 0 Å². The summed E-state index contributed by atoms with van der Waals surface area (Å²) in [5.41, 5.74) is 3.30. The topological polar surface area (TPSA) is 69.6 Å². The van der Waals surface area contributed by atoms with E-state index in [9.17, 15) is 14.7 Å². The average Bonchev–Trinajstić information content (AvgIpc) is 2.53. The zero-order valence-corrected chi connectivity index (χ0v) is 14.1. The molecule has 0 aliphatic carbocycles. The molecule has 1 saturated heterocycles. The maximum atomic E-state index is 12.5. The van der Waals surface area contributed by atoms with E-state index in [-0.39, 0.29) is 18.5 Å². The molecule has 1 aliphatic heterocycles. The number of anilines is 1. The van der Waals surface area contributed by atoms with Gasteiger partial charge < -0.3 is 15.3 Å². The Morgan fingerprint density at radius 3 is 2.52 bits per heavy atom. The van der Waals surface area contributed by atoms with Gasteiger partial charge in [-0.3, -0.25) is 4.79 Å². The van der Waals surface area contributed by atoms with Crippen molar-refractivity contribution >= 4 is 17.7 Å². The number of benzene rings is 1. The van der Waals surface area contributed by atoms with Crippen molar-refractivity contribution in [1.82, 2.24) is 4.90 Å². The SMILES string of the molecule is CCc1ccc(NC(=O)N2CC(C)CC(C(=O)O)C2)cc1CC. The summed E-state index contributed by atoms with van der Waals surface area (Å²) in [5.74, 6) is -1.10. The van der Waals surface area contributed by atoms with Gasteiger partial charge in [0.1, 0.15) is 0 Å². The largest absolute Gasteiger partial charge is 0.481 e. The summed E-state index contributed by atoms with van der Waals surface area (Å²) >= 11 is 0. The summed E-state index contributed by atoms with van der Waals surface area (Å²) in [7, 11) is 0. The minimum atomic E-state index is -0.824. The molecule has 0 aromatic heterocycles. The number of carboxylic acid groups (broad SMARTS) is 1. The van der Waals surface area contributed by atoms with Crippen molar-refractivity contribution < 1.29 is 14.7 Å². The first-order valence-electron chi connectivity index (χ1n) is 8.35. The summed E-state index contributed by atoms with van der Waals surface area (Å²) in [6, 6.07) is 5.76. The first kappa shape index (κ1) is 17.3. The number of hydrogen-bond acceptors (Lipinski definition) is 2. The van der Waals surface area contributed by atoms with Crippen molar-refractivity contribution in [2.45, 2.75) is 40.0 Å². The molecule has 1 heterocycles. The summed E-state index contributed by atoms with van der Waals surface area (Å²) < 4.78 is 0. The Morgan fingerprint density at radius 1 is 1.22 bits per heavy atom. The number of urea groups is 1. The molecule has 2 atom stereocenters. The van der Waals surface area contributed by atoms with Gasteiger partial charge in [0.25, 0.3) is 0 Å². The van der Waals surface area contributed by atoms with Gasteiger partial charge in [-0.15, -0.1) is 0 Å². The van der Waals surface area contributed by atoms with Crippen LogP contribution in [0.4, 0.5) is 10.5 Å². The van der Waals surface area contributed by atoms with Crippen molar-refractivity contribution in [3.63, 3.8) is 0 Å². The Morgan fingerprint density at radius 2 is 1.91 bits per heavy atom. The molecule has 2 N–H and O–H groups in total. The molecular weight excluding hydrogens is 292 g/mol. The number of rotatable bonds is 4. The number of aliphatic carboxylic acids is 1. The lowest BCUT2D eigenvalue weighted by molar-refractivity contribution is -0.143. The van der Waals surface area contributed by atoms with Gasteiger partial charge in [0.05, 0.1) is 5.92 Å². The molecule has 5 nitrogen and oxygen atoms in total. The monoisotopic (exact) mass is 318 g/mol. The fourth-order valence-corrected chi connectivity index (χ4v) is 3.28. The smallest absolute Gasteiger partial charge is 0.321 e. The van der Waals surface area contributed by atoms with Gasteiger partial charge in [-0.1, -0.05) is 26.8 Å². The predicted octanol–water partition coefficient (Wildman–Crippen LogP) is 3.39. The van der Waals surface area contributed by atoms with Crippen LogP contribution in [0.2, 0.25) is 0 Å². The lowest BCUT2D eigenvalue weighted by Crippen LogP contribution is -2.47. The molecule has 1 fully saturated rings. The molecule has 0 spiro atoms. The fraction of sp³-hybridized carbons (Fsp3) is 0.556. The maximum absolute atomic E-state index is 12.5. The number of hydrogen-bond donors (Lipinski definition) is 2. The van der Waals surface area contributed by atoms with E-state index in [2.05, 4.69) is 19.2 Å². The van der Waals surface area contributed by atoms with Crippen molar-refractivity contribution in [3.05, 3.63) is 29.3 Å². The van der Waals surface area contributed by atoms with Crippen LogP contribution in [0.5, 0.6) is 0 Å². The minimum Gasteiger partial charge on any atom is -0.481 e. The fourth-order valence-electron chi connectivity index (χ4n) is 3.28. The summed E-state index contributed by atoms with van der Waals surface area (Å²) in [6.07, 6.45) is 2.53. The van der Waals surface area contributed by atoms with Gasteiger partial charge in [-0.05, 0) is 48.4 Å². The van der Waals surface area contributed by atoms with Crippen LogP contribution in [0.3, 0.4) is 0 Å². The normalized spacial score (nSPS) is 21.1. The zero-order valence-electron chi connectivity index (χ0n) is 14.1. The number of likely N-dealkylation sites (tertiary alicyclic amines) is 1. The number of aryl methyl sites for hydroxylation is 2. The Labute approximate surface area is 137 Å². The number of amides is 2. The molecule has 2 unspecified atom stereocenters. The van der Waals surface area contributed by atoms with Crippen molar-refractivity contribution in [1.29, 1.82) is 0 Å². The quantitative estimate of drug-likeness (QED) is 0.894. The molecule has 1 aromatic carbocycles.